The van der Waals surface area contributed by atoms with Gasteiger partial charge in [0.15, 0.2) is 11.5 Å². The van der Waals surface area contributed by atoms with E-state index >= 15 is 0 Å². The number of aliphatic hydroxyl groups is 1. The number of halogens is 3. The van der Waals surface area contributed by atoms with E-state index in [1.54, 1.807) is 12.1 Å². The van der Waals surface area contributed by atoms with Gasteiger partial charge in [-0.1, -0.05) is 29.3 Å². The van der Waals surface area contributed by atoms with Crippen molar-refractivity contribution < 1.29 is 14.6 Å². The molecule has 0 unspecified atom stereocenters. The van der Waals surface area contributed by atoms with Gasteiger partial charge < -0.3 is 19.9 Å². The van der Waals surface area contributed by atoms with Gasteiger partial charge in [-0.25, -0.2) is 0 Å². The standard InChI is InChI=1S/C18H20BrCl2NO3/c1-2-24-17-9-13(10-22-5-6-23)7-14(19)18(17)25-11-12-3-4-15(20)16(21)8-12/h3-4,7-9,22-23H,2,5-6,10-11H2,1H3. The van der Waals surface area contributed by atoms with Crippen LogP contribution in [0.2, 0.25) is 10.0 Å². The monoisotopic (exact) mass is 447 g/mol. The van der Waals surface area contributed by atoms with E-state index in [0.717, 1.165) is 15.6 Å². The van der Waals surface area contributed by atoms with E-state index in [4.69, 9.17) is 37.8 Å². The first-order chi connectivity index (χ1) is 12.0. The van der Waals surface area contributed by atoms with Gasteiger partial charge in [0.2, 0.25) is 0 Å². The summed E-state index contributed by atoms with van der Waals surface area (Å²) in [6.45, 7) is 4.07. The molecule has 7 heteroatoms. The van der Waals surface area contributed by atoms with Crippen molar-refractivity contribution >= 4 is 39.1 Å². The molecule has 0 saturated heterocycles. The van der Waals surface area contributed by atoms with Crippen LogP contribution in [0.25, 0.3) is 0 Å². The summed E-state index contributed by atoms with van der Waals surface area (Å²) in [5, 5.41) is 13.0. The highest BCUT2D eigenvalue weighted by atomic mass is 79.9. The van der Waals surface area contributed by atoms with Crippen molar-refractivity contribution in [3.8, 4) is 11.5 Å². The first kappa shape index (κ1) is 20.3. The van der Waals surface area contributed by atoms with Crippen LogP contribution < -0.4 is 14.8 Å². The molecule has 0 fully saturated rings. The minimum absolute atomic E-state index is 0.102. The zero-order chi connectivity index (χ0) is 18.2. The van der Waals surface area contributed by atoms with E-state index in [1.807, 2.05) is 25.1 Å². The Morgan fingerprint density at radius 3 is 2.56 bits per heavy atom. The molecule has 0 aliphatic rings. The van der Waals surface area contributed by atoms with E-state index in [2.05, 4.69) is 21.2 Å². The SMILES string of the molecule is CCOc1cc(CNCCO)cc(Br)c1OCc1ccc(Cl)c(Cl)c1. The smallest absolute Gasteiger partial charge is 0.175 e. The molecule has 0 aliphatic carbocycles. The van der Waals surface area contributed by atoms with Crippen molar-refractivity contribution in [2.45, 2.75) is 20.1 Å². The fourth-order valence-electron chi connectivity index (χ4n) is 2.22. The molecule has 0 spiro atoms. The van der Waals surface area contributed by atoms with Gasteiger partial charge in [-0.05, 0) is 58.2 Å². The minimum Gasteiger partial charge on any atom is -0.490 e. The molecule has 0 aromatic heterocycles. The molecule has 2 N–H and O–H groups in total. The first-order valence-corrected chi connectivity index (χ1v) is 9.43. The van der Waals surface area contributed by atoms with Gasteiger partial charge in [-0.15, -0.1) is 0 Å². The molecular formula is C18H20BrCl2NO3. The maximum absolute atomic E-state index is 8.86. The van der Waals surface area contributed by atoms with Crippen LogP contribution in [0.3, 0.4) is 0 Å². The molecule has 25 heavy (non-hydrogen) atoms. The van der Waals surface area contributed by atoms with E-state index < -0.39 is 0 Å². The Labute approximate surface area is 166 Å². The number of hydrogen-bond acceptors (Lipinski definition) is 4. The van der Waals surface area contributed by atoms with Crippen LogP contribution in [0.4, 0.5) is 0 Å². The molecule has 136 valence electrons. The van der Waals surface area contributed by atoms with Crippen LogP contribution >= 0.6 is 39.1 Å². The van der Waals surface area contributed by atoms with Crippen molar-refractivity contribution in [3.63, 3.8) is 0 Å². The van der Waals surface area contributed by atoms with Gasteiger partial charge in [-0.2, -0.15) is 0 Å². The maximum atomic E-state index is 8.86. The highest BCUT2D eigenvalue weighted by Gasteiger charge is 2.13. The third-order valence-corrected chi connectivity index (χ3v) is 4.68. The second-order valence-corrected chi connectivity index (χ2v) is 6.94. The molecule has 2 aromatic rings. The average Bonchev–Trinajstić information content (AvgIpc) is 2.58. The minimum atomic E-state index is 0.102. The predicted molar refractivity (Wildman–Crippen MR) is 105 cm³/mol. The largest absolute Gasteiger partial charge is 0.490 e. The van der Waals surface area contributed by atoms with Crippen LogP contribution in [-0.4, -0.2) is 24.9 Å². The molecule has 0 aliphatic heterocycles. The number of nitrogens with one attached hydrogen (secondary N) is 1. The lowest BCUT2D eigenvalue weighted by atomic mass is 10.2. The number of benzene rings is 2. The highest BCUT2D eigenvalue weighted by molar-refractivity contribution is 9.10. The van der Waals surface area contributed by atoms with Crippen molar-refractivity contribution in [2.75, 3.05) is 19.8 Å². The molecule has 0 saturated carbocycles. The van der Waals surface area contributed by atoms with Crippen LogP contribution in [0, 0.1) is 0 Å². The third-order valence-electron chi connectivity index (χ3n) is 3.35. The van der Waals surface area contributed by atoms with E-state index in [9.17, 15) is 0 Å². The number of rotatable bonds is 9. The van der Waals surface area contributed by atoms with Gasteiger partial charge in [0.25, 0.3) is 0 Å². The second-order valence-electron chi connectivity index (χ2n) is 5.28. The van der Waals surface area contributed by atoms with Gasteiger partial charge in [-0.3, -0.25) is 0 Å². The van der Waals surface area contributed by atoms with Gasteiger partial charge in [0, 0.05) is 13.1 Å². The Balaban J connectivity index is 2.15. The Hall–Kier alpha value is -0.980. The van der Waals surface area contributed by atoms with Crippen LogP contribution in [0.5, 0.6) is 11.5 Å². The second kappa shape index (κ2) is 10.2. The zero-order valence-corrected chi connectivity index (χ0v) is 16.9. The van der Waals surface area contributed by atoms with E-state index in [-0.39, 0.29) is 6.61 Å². The summed E-state index contributed by atoms with van der Waals surface area (Å²) in [5.41, 5.74) is 1.95. The Morgan fingerprint density at radius 2 is 1.88 bits per heavy atom. The van der Waals surface area contributed by atoms with Gasteiger partial charge in [0.05, 0.1) is 27.7 Å². The molecule has 4 nitrogen and oxygen atoms in total. The van der Waals surface area contributed by atoms with Gasteiger partial charge >= 0.3 is 0 Å². The van der Waals surface area contributed by atoms with Crippen molar-refractivity contribution in [1.29, 1.82) is 0 Å². The summed E-state index contributed by atoms with van der Waals surface area (Å²) in [6, 6.07) is 9.30. The molecular weight excluding hydrogens is 429 g/mol. The summed E-state index contributed by atoms with van der Waals surface area (Å²) >= 11 is 15.5. The number of ether oxygens (including phenoxy) is 2. The van der Waals surface area contributed by atoms with E-state index in [0.29, 0.717) is 47.8 Å². The first-order valence-electron chi connectivity index (χ1n) is 7.88. The topological polar surface area (TPSA) is 50.7 Å². The average molecular weight is 449 g/mol. The zero-order valence-electron chi connectivity index (χ0n) is 13.8. The molecule has 0 radical (unpaired) electrons. The van der Waals surface area contributed by atoms with Crippen LogP contribution in [0.1, 0.15) is 18.1 Å². The summed E-state index contributed by atoms with van der Waals surface area (Å²) in [7, 11) is 0. The van der Waals surface area contributed by atoms with Crippen molar-refractivity contribution in [2.24, 2.45) is 0 Å². The van der Waals surface area contributed by atoms with Crippen LogP contribution in [-0.2, 0) is 13.2 Å². The van der Waals surface area contributed by atoms with Gasteiger partial charge in [0.1, 0.15) is 6.61 Å². The normalized spacial score (nSPS) is 10.8. The molecule has 2 rings (SSSR count). The molecule has 0 amide bonds. The Bertz CT molecular complexity index is 713. The quantitative estimate of drug-likeness (QED) is 0.540. The Morgan fingerprint density at radius 1 is 1.08 bits per heavy atom. The Kier molecular flexibility index (Phi) is 8.33. The summed E-state index contributed by atoms with van der Waals surface area (Å²) < 4.78 is 12.5. The summed E-state index contributed by atoms with van der Waals surface area (Å²) in [6.07, 6.45) is 0. The van der Waals surface area contributed by atoms with Crippen molar-refractivity contribution in [3.05, 3.63) is 56.0 Å². The maximum Gasteiger partial charge on any atom is 0.175 e. The third kappa shape index (κ3) is 6.04. The van der Waals surface area contributed by atoms with E-state index in [1.165, 1.54) is 0 Å². The lowest BCUT2D eigenvalue weighted by molar-refractivity contribution is 0.267. The molecule has 0 bridgehead atoms. The van der Waals surface area contributed by atoms with Crippen LogP contribution in [0.15, 0.2) is 34.8 Å². The summed E-state index contributed by atoms with van der Waals surface area (Å²) in [5.74, 6) is 1.30. The molecule has 0 atom stereocenters. The molecule has 2 aromatic carbocycles. The number of aliphatic hydroxyl groups excluding tert-OH is 1. The number of hydrogen-bond donors (Lipinski definition) is 2. The van der Waals surface area contributed by atoms with Crippen molar-refractivity contribution in [1.82, 2.24) is 5.32 Å². The summed E-state index contributed by atoms with van der Waals surface area (Å²) in [4.78, 5) is 0. The molecule has 0 heterocycles. The fourth-order valence-corrected chi connectivity index (χ4v) is 3.15. The lowest BCUT2D eigenvalue weighted by Gasteiger charge is -2.16. The fraction of sp³-hybridized carbons (Fsp3) is 0.333. The predicted octanol–water partition coefficient (Wildman–Crippen LogP) is 4.82. The lowest BCUT2D eigenvalue weighted by Crippen LogP contribution is -2.17. The highest BCUT2D eigenvalue weighted by Crippen LogP contribution is 2.37.